The number of aromatic hydroxyl groups is 1. The molecule has 6 unspecified atom stereocenters. The van der Waals surface area contributed by atoms with E-state index < -0.39 is 40.9 Å². The Morgan fingerprint density at radius 1 is 0.855 bits per heavy atom. The van der Waals surface area contributed by atoms with Gasteiger partial charge in [-0.05, 0) is 90.7 Å². The largest absolute Gasteiger partial charge is 0.508 e. The van der Waals surface area contributed by atoms with Gasteiger partial charge in [-0.1, -0.05) is 71.8 Å². The Morgan fingerprint density at radius 2 is 1.62 bits per heavy atom. The number of aromatic nitrogens is 2. The number of carbonyl (C=O) groups excluding carboxylic acids is 4. The third-order valence-corrected chi connectivity index (χ3v) is 14.3. The Bertz CT molecular complexity index is 2720. The third-order valence-electron chi connectivity index (χ3n) is 12.7. The monoisotopic (exact) mass is 766 g/mol. The van der Waals surface area contributed by atoms with E-state index in [4.69, 9.17) is 16.7 Å². The molecule has 55 heavy (non-hydrogen) atoms. The van der Waals surface area contributed by atoms with Crippen molar-refractivity contribution in [2.45, 2.75) is 32.6 Å². The highest BCUT2D eigenvalue weighted by atomic mass is 35.5. The first-order chi connectivity index (χ1) is 26.5. The number of phenolic OH excluding ortho intramolecular Hbond substituents is 1. The van der Waals surface area contributed by atoms with Crippen LogP contribution in [0.4, 0.5) is 11.5 Å². The van der Waals surface area contributed by atoms with Crippen molar-refractivity contribution in [1.29, 1.82) is 0 Å². The molecule has 2 saturated heterocycles. The number of fused-ring (bicyclic) bond motifs is 6. The quantitative estimate of drug-likeness (QED) is 0.142. The smallest absolute Gasteiger partial charge is 0.242 e. The number of imide groups is 2. The number of allylic oxidation sites excluding steroid dienone is 2. The van der Waals surface area contributed by atoms with Crippen molar-refractivity contribution in [3.05, 3.63) is 119 Å². The maximum atomic E-state index is 15.3. The highest BCUT2D eigenvalue weighted by Gasteiger charge is 2.68. The summed E-state index contributed by atoms with van der Waals surface area (Å²) in [4.78, 5) is 62.3. The van der Waals surface area contributed by atoms with Crippen molar-refractivity contribution < 1.29 is 24.3 Å². The van der Waals surface area contributed by atoms with Gasteiger partial charge in [-0.25, -0.2) is 4.90 Å². The van der Waals surface area contributed by atoms with Crippen LogP contribution in [0.3, 0.4) is 0 Å². The molecule has 2 aliphatic carbocycles. The molecule has 1 saturated carbocycles. The summed E-state index contributed by atoms with van der Waals surface area (Å²) in [6, 6.07) is 27.7. The van der Waals surface area contributed by atoms with E-state index in [-0.39, 0.29) is 29.9 Å². The van der Waals surface area contributed by atoms with Gasteiger partial charge in [0.15, 0.2) is 0 Å². The van der Waals surface area contributed by atoms with Crippen molar-refractivity contribution in [1.82, 2.24) is 9.78 Å². The number of rotatable bonds is 4. The highest BCUT2D eigenvalue weighted by molar-refractivity contribution is 7.22. The topological polar surface area (TPSA) is 113 Å². The van der Waals surface area contributed by atoms with Gasteiger partial charge in [0.05, 0.1) is 33.7 Å². The number of carbonyl (C=O) groups is 4. The molecule has 2 aliphatic heterocycles. The number of halogens is 1. The Kier molecular flexibility index (Phi) is 7.38. The van der Waals surface area contributed by atoms with E-state index in [0.29, 0.717) is 34.2 Å². The molecule has 9 nitrogen and oxygen atoms in total. The lowest BCUT2D eigenvalue weighted by Crippen LogP contribution is -2.49. The number of para-hydroxylation sites is 1. The Labute approximate surface area is 325 Å². The van der Waals surface area contributed by atoms with E-state index in [2.05, 4.69) is 0 Å². The van der Waals surface area contributed by atoms with Gasteiger partial charge in [-0.3, -0.25) is 28.8 Å². The number of phenols is 1. The minimum Gasteiger partial charge on any atom is -0.508 e. The summed E-state index contributed by atoms with van der Waals surface area (Å²) < 4.78 is 2.63. The van der Waals surface area contributed by atoms with Crippen LogP contribution in [0.1, 0.15) is 36.8 Å². The fraction of sp³-hybridized carbons (Fsp3) is 0.250. The van der Waals surface area contributed by atoms with E-state index in [0.717, 1.165) is 36.9 Å². The van der Waals surface area contributed by atoms with Crippen LogP contribution in [0, 0.1) is 36.0 Å². The predicted octanol–water partition coefficient (Wildman–Crippen LogP) is 8.56. The normalized spacial score (nSPS) is 26.2. The second-order valence-electron chi connectivity index (χ2n) is 15.4. The summed E-state index contributed by atoms with van der Waals surface area (Å²) in [6.07, 6.45) is 2.52. The number of hydrogen-bond acceptors (Lipinski definition) is 7. The summed E-state index contributed by atoms with van der Waals surface area (Å²) >= 11 is 7.91. The van der Waals surface area contributed by atoms with E-state index in [1.54, 1.807) is 59.5 Å². The molecule has 3 fully saturated rings. The standard InChI is InChI=1S/C44H35ClN4O5S/c1-22-29-19-24(45)14-18-34(29)55-39(22)32-21-35(47(3)46-32)49-41(52)31-20-30-27(15-16-28-36(30)42(53)48(40(28)51)25-10-5-4-6-11-25)38(44(31,2)43(49)54)37-26-12-8-7-9-23(26)13-17-33(37)50/h4-15,17-19,21,28,30-31,36,38,50H,16,20H2,1-3H3. The average Bonchev–Trinajstić information content (AvgIpc) is 3.85. The summed E-state index contributed by atoms with van der Waals surface area (Å²) in [6.45, 7) is 3.85. The Balaban J connectivity index is 1.13. The highest BCUT2D eigenvalue weighted by Crippen LogP contribution is 2.65. The Hall–Kier alpha value is -5.58. The molecule has 4 amide bonds. The van der Waals surface area contributed by atoms with E-state index in [9.17, 15) is 14.7 Å². The molecule has 4 aromatic carbocycles. The second-order valence-corrected chi connectivity index (χ2v) is 16.9. The number of aryl methyl sites for hydroxylation is 2. The summed E-state index contributed by atoms with van der Waals surface area (Å²) in [5, 5.41) is 19.9. The molecule has 4 heterocycles. The summed E-state index contributed by atoms with van der Waals surface area (Å²) in [7, 11) is 1.73. The molecular weight excluding hydrogens is 732 g/mol. The SMILES string of the molecule is Cc1c(-c2cc(N3C(=O)C4CC5C(=CCC6C(=O)N(c7ccccc7)C(=O)C65)C(c5c(O)ccc6ccccc56)C4(C)C3=O)n(C)n2)sc2ccc(Cl)cc12. The van der Waals surface area contributed by atoms with Crippen LogP contribution >= 0.6 is 22.9 Å². The first-order valence-corrected chi connectivity index (χ1v) is 19.6. The van der Waals surface area contributed by atoms with E-state index >= 15 is 9.59 Å². The van der Waals surface area contributed by atoms with Crippen LogP contribution in [0.2, 0.25) is 5.02 Å². The fourth-order valence-electron chi connectivity index (χ4n) is 10.2. The minimum absolute atomic E-state index is 0.00828. The number of benzene rings is 4. The molecule has 4 aliphatic rings. The molecule has 6 atom stereocenters. The number of nitrogens with zero attached hydrogens (tertiary/aromatic N) is 4. The predicted molar refractivity (Wildman–Crippen MR) is 213 cm³/mol. The average molecular weight is 767 g/mol. The number of hydrogen-bond donors (Lipinski definition) is 1. The molecule has 0 spiro atoms. The lowest BCUT2D eigenvalue weighted by molar-refractivity contribution is -0.131. The lowest BCUT2D eigenvalue weighted by atomic mass is 9.51. The van der Waals surface area contributed by atoms with Crippen LogP contribution in [-0.4, -0.2) is 38.5 Å². The molecule has 1 N–H and O–H groups in total. The van der Waals surface area contributed by atoms with Gasteiger partial charge in [-0.15, -0.1) is 11.3 Å². The minimum atomic E-state index is -1.34. The maximum Gasteiger partial charge on any atom is 0.242 e. The van der Waals surface area contributed by atoms with Gasteiger partial charge in [-0.2, -0.15) is 5.10 Å². The molecular formula is C44H35ClN4O5S. The van der Waals surface area contributed by atoms with Gasteiger partial charge >= 0.3 is 0 Å². The summed E-state index contributed by atoms with van der Waals surface area (Å²) in [5.41, 5.74) is 2.17. The molecule has 274 valence electrons. The van der Waals surface area contributed by atoms with Crippen LogP contribution in [0.15, 0.2) is 103 Å². The van der Waals surface area contributed by atoms with E-state index in [1.807, 2.05) is 74.5 Å². The molecule has 11 heteroatoms. The maximum absolute atomic E-state index is 15.3. The number of amides is 4. The zero-order chi connectivity index (χ0) is 38.1. The van der Waals surface area contributed by atoms with Crippen molar-refractivity contribution in [3.63, 3.8) is 0 Å². The van der Waals surface area contributed by atoms with Crippen LogP contribution < -0.4 is 9.80 Å². The van der Waals surface area contributed by atoms with Crippen molar-refractivity contribution >= 4 is 78.9 Å². The van der Waals surface area contributed by atoms with Gasteiger partial charge in [0.1, 0.15) is 17.3 Å². The van der Waals surface area contributed by atoms with Crippen LogP contribution in [0.25, 0.3) is 31.4 Å². The van der Waals surface area contributed by atoms with Crippen LogP contribution in [0.5, 0.6) is 5.75 Å². The Morgan fingerprint density at radius 3 is 2.42 bits per heavy atom. The van der Waals surface area contributed by atoms with Crippen molar-refractivity contribution in [2.24, 2.45) is 36.1 Å². The lowest BCUT2D eigenvalue weighted by Gasteiger charge is -2.49. The van der Waals surface area contributed by atoms with Gasteiger partial charge in [0.2, 0.25) is 23.6 Å². The fourth-order valence-corrected chi connectivity index (χ4v) is 11.5. The van der Waals surface area contributed by atoms with Gasteiger partial charge in [0.25, 0.3) is 0 Å². The van der Waals surface area contributed by atoms with Crippen molar-refractivity contribution in [2.75, 3.05) is 9.80 Å². The number of thiophene rings is 1. The third kappa shape index (κ3) is 4.61. The molecule has 10 rings (SSSR count). The molecule has 2 aromatic heterocycles. The zero-order valence-electron chi connectivity index (χ0n) is 30.2. The van der Waals surface area contributed by atoms with Gasteiger partial charge in [0, 0.05) is 34.3 Å². The first kappa shape index (κ1) is 33.9. The summed E-state index contributed by atoms with van der Waals surface area (Å²) in [5.74, 6) is -4.45. The van der Waals surface area contributed by atoms with Gasteiger partial charge < -0.3 is 5.11 Å². The first-order valence-electron chi connectivity index (χ1n) is 18.4. The number of anilines is 2. The van der Waals surface area contributed by atoms with Crippen molar-refractivity contribution in [3.8, 4) is 16.3 Å². The molecule has 0 bridgehead atoms. The molecule has 6 aromatic rings. The molecule has 0 radical (unpaired) electrons. The van der Waals surface area contributed by atoms with E-state index in [1.165, 1.54) is 9.80 Å². The van der Waals surface area contributed by atoms with Crippen LogP contribution in [-0.2, 0) is 26.2 Å². The zero-order valence-corrected chi connectivity index (χ0v) is 31.8. The second kappa shape index (κ2) is 12.0.